The lowest BCUT2D eigenvalue weighted by molar-refractivity contribution is -0.137. The van der Waals surface area contributed by atoms with Crippen LogP contribution in [-0.4, -0.2) is 50.0 Å². The fourth-order valence-corrected chi connectivity index (χ4v) is 3.70. The van der Waals surface area contributed by atoms with Crippen molar-refractivity contribution < 1.29 is 14.3 Å². The van der Waals surface area contributed by atoms with E-state index in [4.69, 9.17) is 10.5 Å². The van der Waals surface area contributed by atoms with Gasteiger partial charge in [0.05, 0.1) is 18.2 Å². The van der Waals surface area contributed by atoms with E-state index >= 15 is 0 Å². The predicted octanol–water partition coefficient (Wildman–Crippen LogP) is 2.03. The Bertz CT molecular complexity index is 1050. The maximum Gasteiger partial charge on any atom is 0.261 e. The van der Waals surface area contributed by atoms with Gasteiger partial charge in [-0.2, -0.15) is 5.10 Å². The average molecular weight is 420 g/mol. The second-order valence-electron chi connectivity index (χ2n) is 7.42. The molecule has 0 spiro atoms. The number of carbonyl (C=O) groups excluding carboxylic acids is 2. The highest BCUT2D eigenvalue weighted by molar-refractivity contribution is 5.78. The molecule has 0 radical (unpaired) electrons. The molecule has 0 saturated carbocycles. The molecule has 3 N–H and O–H groups in total. The Morgan fingerprint density at radius 1 is 1.19 bits per heavy atom. The zero-order chi connectivity index (χ0) is 21.6. The van der Waals surface area contributed by atoms with Crippen molar-refractivity contribution in [3.8, 4) is 17.1 Å². The Hall–Kier alpha value is -3.75. The number of benzene rings is 1. The van der Waals surface area contributed by atoms with Crippen molar-refractivity contribution in [2.75, 3.05) is 13.2 Å². The molecule has 9 heteroatoms. The number of nitrogens with two attached hydrogens (primary N) is 1. The molecule has 0 bridgehead atoms. The van der Waals surface area contributed by atoms with E-state index in [1.54, 1.807) is 18.3 Å². The molecular formula is C22H24N6O3. The van der Waals surface area contributed by atoms with E-state index in [0.29, 0.717) is 29.6 Å². The van der Waals surface area contributed by atoms with Gasteiger partial charge in [-0.05, 0) is 43.5 Å². The van der Waals surface area contributed by atoms with Crippen LogP contribution >= 0.6 is 0 Å². The minimum atomic E-state index is -0.450. The molecular weight excluding hydrogens is 396 g/mol. The van der Waals surface area contributed by atoms with Crippen LogP contribution < -0.4 is 10.5 Å². The van der Waals surface area contributed by atoms with Crippen molar-refractivity contribution in [1.82, 2.24) is 25.1 Å². The van der Waals surface area contributed by atoms with E-state index in [-0.39, 0.29) is 25.0 Å². The monoisotopic (exact) mass is 420 g/mol. The van der Waals surface area contributed by atoms with E-state index < -0.39 is 5.91 Å². The number of para-hydroxylation sites is 1. The van der Waals surface area contributed by atoms with Gasteiger partial charge in [-0.25, -0.2) is 4.98 Å². The zero-order valence-corrected chi connectivity index (χ0v) is 17.0. The number of amides is 2. The van der Waals surface area contributed by atoms with E-state index in [9.17, 15) is 9.59 Å². The summed E-state index contributed by atoms with van der Waals surface area (Å²) in [4.78, 5) is 34.6. The number of hydrogen-bond acceptors (Lipinski definition) is 6. The largest absolute Gasteiger partial charge is 0.484 e. The van der Waals surface area contributed by atoms with Crippen LogP contribution in [0.3, 0.4) is 0 Å². The fraction of sp³-hybridized carbons (Fsp3) is 0.318. The number of aromatic nitrogens is 4. The molecule has 1 aromatic carbocycles. The molecule has 0 aliphatic carbocycles. The van der Waals surface area contributed by atoms with Crippen LogP contribution in [0, 0.1) is 0 Å². The summed E-state index contributed by atoms with van der Waals surface area (Å²) in [5.74, 6) is 1.25. The SMILES string of the molecule is NC(=O)Cc1cc(-c2n[nH]c([C@H]3CCCCN3C(=O)COc3ccccc3)n2)ccn1. The Kier molecular flexibility index (Phi) is 6.21. The summed E-state index contributed by atoms with van der Waals surface area (Å²) in [5, 5.41) is 7.30. The van der Waals surface area contributed by atoms with Crippen molar-refractivity contribution in [3.05, 3.63) is 60.2 Å². The third kappa shape index (κ3) is 5.06. The average Bonchev–Trinajstić information content (AvgIpc) is 3.28. The number of H-pyrrole nitrogens is 1. The van der Waals surface area contributed by atoms with Crippen molar-refractivity contribution in [2.45, 2.75) is 31.7 Å². The molecule has 1 aliphatic heterocycles. The van der Waals surface area contributed by atoms with Crippen LogP contribution in [0.5, 0.6) is 5.75 Å². The van der Waals surface area contributed by atoms with Crippen molar-refractivity contribution in [2.24, 2.45) is 5.73 Å². The normalized spacial score (nSPS) is 16.1. The van der Waals surface area contributed by atoms with Crippen LogP contribution in [-0.2, 0) is 16.0 Å². The van der Waals surface area contributed by atoms with Crippen LogP contribution in [0.25, 0.3) is 11.4 Å². The van der Waals surface area contributed by atoms with Gasteiger partial charge in [0.2, 0.25) is 5.91 Å². The first kappa shape index (κ1) is 20.5. The highest BCUT2D eigenvalue weighted by atomic mass is 16.5. The Balaban J connectivity index is 1.48. The topological polar surface area (TPSA) is 127 Å². The maximum absolute atomic E-state index is 12.9. The molecule has 160 valence electrons. The van der Waals surface area contributed by atoms with Crippen molar-refractivity contribution in [3.63, 3.8) is 0 Å². The number of pyridine rings is 1. The van der Waals surface area contributed by atoms with E-state index in [1.165, 1.54) is 0 Å². The highest BCUT2D eigenvalue weighted by Gasteiger charge is 2.30. The molecule has 1 saturated heterocycles. The lowest BCUT2D eigenvalue weighted by Crippen LogP contribution is -2.41. The number of ether oxygens (including phenoxy) is 1. The van der Waals surface area contributed by atoms with E-state index in [0.717, 1.165) is 24.8 Å². The van der Waals surface area contributed by atoms with Gasteiger partial charge in [0.15, 0.2) is 12.4 Å². The molecule has 31 heavy (non-hydrogen) atoms. The summed E-state index contributed by atoms with van der Waals surface area (Å²) in [6, 6.07) is 12.6. The highest BCUT2D eigenvalue weighted by Crippen LogP contribution is 2.30. The fourth-order valence-electron chi connectivity index (χ4n) is 3.70. The molecule has 3 aromatic rings. The molecule has 3 heterocycles. The van der Waals surface area contributed by atoms with Crippen LogP contribution in [0.15, 0.2) is 48.7 Å². The summed E-state index contributed by atoms with van der Waals surface area (Å²) >= 11 is 0. The molecule has 1 atom stereocenters. The Morgan fingerprint density at radius 3 is 2.84 bits per heavy atom. The van der Waals surface area contributed by atoms with E-state index in [2.05, 4.69) is 20.2 Å². The van der Waals surface area contributed by atoms with Gasteiger partial charge in [-0.1, -0.05) is 18.2 Å². The third-order valence-corrected chi connectivity index (χ3v) is 5.18. The number of nitrogens with zero attached hydrogens (tertiary/aromatic N) is 4. The minimum absolute atomic E-state index is 0.0255. The Morgan fingerprint density at radius 2 is 2.03 bits per heavy atom. The van der Waals surface area contributed by atoms with Crippen LogP contribution in [0.1, 0.15) is 36.8 Å². The number of piperidine rings is 1. The number of rotatable bonds is 7. The molecule has 0 unspecified atom stereocenters. The molecule has 4 rings (SSSR count). The van der Waals surface area contributed by atoms with Gasteiger partial charge >= 0.3 is 0 Å². The summed E-state index contributed by atoms with van der Waals surface area (Å²) in [6.07, 6.45) is 4.39. The number of aromatic amines is 1. The minimum Gasteiger partial charge on any atom is -0.484 e. The molecule has 1 aliphatic rings. The number of carbonyl (C=O) groups is 2. The summed E-state index contributed by atoms with van der Waals surface area (Å²) in [7, 11) is 0. The standard InChI is InChI=1S/C22H24N6O3/c23-19(29)13-16-12-15(9-10-24-16)21-25-22(27-26-21)18-8-4-5-11-28(18)20(30)14-31-17-6-2-1-3-7-17/h1-3,6-7,9-10,12,18H,4-5,8,11,13-14H2,(H2,23,29)(H,25,26,27)/t18-/m1/s1. The molecule has 1 fully saturated rings. The van der Waals surface area contributed by atoms with Gasteiger partial charge < -0.3 is 15.4 Å². The summed E-state index contributed by atoms with van der Waals surface area (Å²) < 4.78 is 5.64. The predicted molar refractivity (Wildman–Crippen MR) is 113 cm³/mol. The molecule has 2 amide bonds. The van der Waals surface area contributed by atoms with Crippen LogP contribution in [0.4, 0.5) is 0 Å². The molecule has 9 nitrogen and oxygen atoms in total. The van der Waals surface area contributed by atoms with Crippen molar-refractivity contribution in [1.29, 1.82) is 0 Å². The van der Waals surface area contributed by atoms with Gasteiger partial charge in [0.25, 0.3) is 5.91 Å². The lowest BCUT2D eigenvalue weighted by atomic mass is 10.0. The summed E-state index contributed by atoms with van der Waals surface area (Å²) in [5.41, 5.74) is 6.55. The van der Waals surface area contributed by atoms with E-state index in [1.807, 2.05) is 35.2 Å². The lowest BCUT2D eigenvalue weighted by Gasteiger charge is -2.34. The number of hydrogen-bond donors (Lipinski definition) is 2. The number of primary amides is 1. The van der Waals surface area contributed by atoms with Crippen molar-refractivity contribution >= 4 is 11.8 Å². The first-order chi connectivity index (χ1) is 15.1. The first-order valence-electron chi connectivity index (χ1n) is 10.2. The number of nitrogens with one attached hydrogen (secondary N) is 1. The van der Waals surface area contributed by atoms with Gasteiger partial charge in [-0.3, -0.25) is 19.7 Å². The Labute approximate surface area is 179 Å². The second-order valence-corrected chi connectivity index (χ2v) is 7.42. The van der Waals surface area contributed by atoms with Gasteiger partial charge in [-0.15, -0.1) is 0 Å². The molecule has 2 aromatic heterocycles. The number of likely N-dealkylation sites (tertiary alicyclic amines) is 1. The quantitative estimate of drug-likeness (QED) is 0.602. The zero-order valence-electron chi connectivity index (χ0n) is 17.0. The second kappa shape index (κ2) is 9.38. The maximum atomic E-state index is 12.9. The first-order valence-corrected chi connectivity index (χ1v) is 10.2. The van der Waals surface area contributed by atoms with Crippen LogP contribution in [0.2, 0.25) is 0 Å². The van der Waals surface area contributed by atoms with Gasteiger partial charge in [0.1, 0.15) is 11.6 Å². The van der Waals surface area contributed by atoms with Gasteiger partial charge in [0, 0.05) is 18.3 Å². The smallest absolute Gasteiger partial charge is 0.261 e. The summed E-state index contributed by atoms with van der Waals surface area (Å²) in [6.45, 7) is 0.623. The third-order valence-electron chi connectivity index (χ3n) is 5.18.